The van der Waals surface area contributed by atoms with Gasteiger partial charge < -0.3 is 14.3 Å². The van der Waals surface area contributed by atoms with Crippen LogP contribution in [0.3, 0.4) is 0 Å². The van der Waals surface area contributed by atoms with E-state index in [-0.39, 0.29) is 24.1 Å². The number of hydrogen-bond donors (Lipinski definition) is 0. The van der Waals surface area contributed by atoms with Gasteiger partial charge in [-0.25, -0.2) is 0 Å². The van der Waals surface area contributed by atoms with Gasteiger partial charge in [-0.15, -0.1) is 0 Å². The molecule has 1 atom stereocenters. The van der Waals surface area contributed by atoms with E-state index in [0.29, 0.717) is 25.4 Å². The molecule has 0 N–H and O–H groups in total. The average Bonchev–Trinajstić information content (AvgIpc) is 2.98. The van der Waals surface area contributed by atoms with Crippen LogP contribution in [0.2, 0.25) is 0 Å². The smallest absolute Gasteiger partial charge is 0.175 e. The zero-order valence-corrected chi connectivity index (χ0v) is 11.8. The summed E-state index contributed by atoms with van der Waals surface area (Å²) < 4.78 is 10.7. The first-order valence-corrected chi connectivity index (χ1v) is 6.97. The highest BCUT2D eigenvalue weighted by atomic mass is 16.5. The first-order valence-electron chi connectivity index (χ1n) is 6.97. The third-order valence-corrected chi connectivity index (χ3v) is 3.46. The molecular formula is C16H20O4. The molecule has 20 heavy (non-hydrogen) atoms. The molecule has 1 aromatic carbocycles. The van der Waals surface area contributed by atoms with Crippen molar-refractivity contribution in [2.75, 3.05) is 19.8 Å². The summed E-state index contributed by atoms with van der Waals surface area (Å²) in [6.45, 7) is 2.88. The second kappa shape index (κ2) is 7.20. The lowest BCUT2D eigenvalue weighted by atomic mass is 10.0. The topological polar surface area (TPSA) is 52.6 Å². The minimum absolute atomic E-state index is 0.00941. The fourth-order valence-corrected chi connectivity index (χ4v) is 2.13. The lowest BCUT2D eigenvalue weighted by molar-refractivity contribution is -0.124. The van der Waals surface area contributed by atoms with Crippen LogP contribution in [-0.2, 0) is 20.7 Å². The third kappa shape index (κ3) is 4.46. The predicted octanol–water partition coefficient (Wildman–Crippen LogP) is 2.19. The van der Waals surface area contributed by atoms with Crippen LogP contribution < -0.4 is 4.74 Å². The molecule has 0 aromatic heterocycles. The van der Waals surface area contributed by atoms with Crippen molar-refractivity contribution in [1.29, 1.82) is 0 Å². The van der Waals surface area contributed by atoms with Gasteiger partial charge in [-0.05, 0) is 37.5 Å². The number of Topliss-reactive ketones (excluding diaryl/α,β-unsaturated/α-hetero) is 2. The van der Waals surface area contributed by atoms with E-state index in [2.05, 4.69) is 0 Å². The zero-order valence-electron chi connectivity index (χ0n) is 11.8. The molecule has 0 bridgehead atoms. The van der Waals surface area contributed by atoms with Crippen molar-refractivity contribution in [3.05, 3.63) is 29.8 Å². The fraction of sp³-hybridized carbons (Fsp3) is 0.500. The van der Waals surface area contributed by atoms with E-state index >= 15 is 0 Å². The highest BCUT2D eigenvalue weighted by Crippen LogP contribution is 2.16. The number of rotatable bonds is 7. The van der Waals surface area contributed by atoms with Gasteiger partial charge in [0.25, 0.3) is 0 Å². The Morgan fingerprint density at radius 2 is 2.05 bits per heavy atom. The maximum absolute atomic E-state index is 11.8. The summed E-state index contributed by atoms with van der Waals surface area (Å²) in [7, 11) is 0. The van der Waals surface area contributed by atoms with Crippen LogP contribution in [-0.4, -0.2) is 31.4 Å². The van der Waals surface area contributed by atoms with Crippen molar-refractivity contribution >= 4 is 11.6 Å². The maximum Gasteiger partial charge on any atom is 0.175 e. The molecule has 4 heteroatoms. The van der Waals surface area contributed by atoms with E-state index in [1.54, 1.807) is 6.92 Å². The van der Waals surface area contributed by atoms with Crippen LogP contribution in [0.25, 0.3) is 0 Å². The Hall–Kier alpha value is -1.68. The van der Waals surface area contributed by atoms with Crippen LogP contribution >= 0.6 is 0 Å². The van der Waals surface area contributed by atoms with Crippen LogP contribution in [0.15, 0.2) is 24.3 Å². The Balaban J connectivity index is 1.78. The maximum atomic E-state index is 11.8. The number of aryl methyl sites for hydroxylation is 1. The molecule has 0 saturated carbocycles. The van der Waals surface area contributed by atoms with Crippen LogP contribution in [0, 0.1) is 5.92 Å². The summed E-state index contributed by atoms with van der Waals surface area (Å²) >= 11 is 0. The molecule has 0 spiro atoms. The third-order valence-electron chi connectivity index (χ3n) is 3.46. The average molecular weight is 276 g/mol. The van der Waals surface area contributed by atoms with E-state index in [1.165, 1.54) is 0 Å². The molecule has 1 aliphatic heterocycles. The molecule has 1 fully saturated rings. The van der Waals surface area contributed by atoms with Gasteiger partial charge >= 0.3 is 0 Å². The van der Waals surface area contributed by atoms with E-state index in [1.807, 2.05) is 24.3 Å². The molecule has 1 heterocycles. The Bertz CT molecular complexity index is 458. The lowest BCUT2D eigenvalue weighted by Gasteiger charge is -2.09. The SMILES string of the molecule is CC(=O)CCc1ccc(OCC(=O)C2CCOC2)cc1. The first-order chi connectivity index (χ1) is 9.65. The van der Waals surface area contributed by atoms with Crippen molar-refractivity contribution in [2.24, 2.45) is 5.92 Å². The normalized spacial score (nSPS) is 17.9. The Morgan fingerprint density at radius 3 is 2.65 bits per heavy atom. The van der Waals surface area contributed by atoms with Gasteiger partial charge in [0.15, 0.2) is 5.78 Å². The molecular weight excluding hydrogens is 256 g/mol. The molecule has 4 nitrogen and oxygen atoms in total. The largest absolute Gasteiger partial charge is 0.486 e. The monoisotopic (exact) mass is 276 g/mol. The quantitative estimate of drug-likeness (QED) is 0.766. The summed E-state index contributed by atoms with van der Waals surface area (Å²) in [5, 5.41) is 0. The molecule has 1 aromatic rings. The minimum Gasteiger partial charge on any atom is -0.486 e. The van der Waals surface area contributed by atoms with Crippen LogP contribution in [0.5, 0.6) is 5.75 Å². The molecule has 1 saturated heterocycles. The Labute approximate surface area is 119 Å². The summed E-state index contributed by atoms with van der Waals surface area (Å²) in [6.07, 6.45) is 2.10. The molecule has 1 unspecified atom stereocenters. The molecule has 1 aliphatic rings. The molecule has 0 radical (unpaired) electrons. The first kappa shape index (κ1) is 14.7. The fourth-order valence-electron chi connectivity index (χ4n) is 2.13. The summed E-state index contributed by atoms with van der Waals surface area (Å²) in [5.41, 5.74) is 1.10. The standard InChI is InChI=1S/C16H20O4/c1-12(17)2-3-13-4-6-15(7-5-13)20-11-16(18)14-8-9-19-10-14/h4-7,14H,2-3,8-11H2,1H3. The molecule has 2 rings (SSSR count). The number of carbonyl (C=O) groups excluding carboxylic acids is 2. The molecule has 0 aliphatic carbocycles. The van der Waals surface area contributed by atoms with Gasteiger partial charge in [0.1, 0.15) is 18.1 Å². The zero-order chi connectivity index (χ0) is 14.4. The summed E-state index contributed by atoms with van der Waals surface area (Å²) in [4.78, 5) is 22.7. The number of ether oxygens (including phenoxy) is 2. The minimum atomic E-state index is -0.00941. The molecule has 108 valence electrons. The Morgan fingerprint density at radius 1 is 1.30 bits per heavy atom. The number of ketones is 2. The van der Waals surface area contributed by atoms with E-state index in [4.69, 9.17) is 9.47 Å². The van der Waals surface area contributed by atoms with Gasteiger partial charge in [0.2, 0.25) is 0 Å². The van der Waals surface area contributed by atoms with Gasteiger partial charge in [0, 0.05) is 18.9 Å². The van der Waals surface area contributed by atoms with Crippen molar-refractivity contribution in [3.63, 3.8) is 0 Å². The number of hydrogen-bond acceptors (Lipinski definition) is 4. The van der Waals surface area contributed by atoms with Crippen LogP contribution in [0.1, 0.15) is 25.3 Å². The van der Waals surface area contributed by atoms with Gasteiger partial charge in [-0.3, -0.25) is 4.79 Å². The number of carbonyl (C=O) groups is 2. The highest BCUT2D eigenvalue weighted by molar-refractivity contribution is 5.82. The Kier molecular flexibility index (Phi) is 5.30. The van der Waals surface area contributed by atoms with Crippen molar-refractivity contribution in [1.82, 2.24) is 0 Å². The van der Waals surface area contributed by atoms with E-state index < -0.39 is 0 Å². The van der Waals surface area contributed by atoms with Gasteiger partial charge in [-0.2, -0.15) is 0 Å². The summed E-state index contributed by atoms with van der Waals surface area (Å²) in [6, 6.07) is 7.55. The van der Waals surface area contributed by atoms with E-state index in [9.17, 15) is 9.59 Å². The second-order valence-electron chi connectivity index (χ2n) is 5.16. The van der Waals surface area contributed by atoms with Gasteiger partial charge in [-0.1, -0.05) is 12.1 Å². The second-order valence-corrected chi connectivity index (χ2v) is 5.16. The predicted molar refractivity (Wildman–Crippen MR) is 74.9 cm³/mol. The molecule has 0 amide bonds. The van der Waals surface area contributed by atoms with Crippen LogP contribution in [0.4, 0.5) is 0 Å². The highest BCUT2D eigenvalue weighted by Gasteiger charge is 2.23. The van der Waals surface area contributed by atoms with Gasteiger partial charge in [0.05, 0.1) is 6.61 Å². The lowest BCUT2D eigenvalue weighted by Crippen LogP contribution is -2.21. The number of benzene rings is 1. The van der Waals surface area contributed by atoms with Crippen molar-refractivity contribution < 1.29 is 19.1 Å². The summed E-state index contributed by atoms with van der Waals surface area (Å²) in [5.74, 6) is 0.964. The van der Waals surface area contributed by atoms with E-state index in [0.717, 1.165) is 18.4 Å². The van der Waals surface area contributed by atoms with Crippen molar-refractivity contribution in [2.45, 2.75) is 26.2 Å². The van der Waals surface area contributed by atoms with Crippen molar-refractivity contribution in [3.8, 4) is 5.75 Å².